The van der Waals surface area contributed by atoms with E-state index in [-0.39, 0.29) is 12.5 Å². The fraction of sp³-hybridized carbons (Fsp3) is 0.286. The van der Waals surface area contributed by atoms with E-state index in [4.69, 9.17) is 42.1 Å². The van der Waals surface area contributed by atoms with Gasteiger partial charge in [0.05, 0.1) is 26.0 Å². The topological polar surface area (TPSA) is 78.4 Å². The molecule has 1 amide bonds. The maximum atomic E-state index is 12.6. The van der Waals surface area contributed by atoms with Crippen LogP contribution in [0.4, 0.5) is 0 Å². The predicted octanol–water partition coefficient (Wildman–Crippen LogP) is 6.92. The minimum atomic E-state index is -0.371. The first-order valence-corrected chi connectivity index (χ1v) is 12.8. The SMILES string of the molecule is CCCOc1ccc(C(=O)N/N=C/c2ccc(OCc3ccc(Cl)cc3Cl)c(OCC)c2)cc1OCC. The molecule has 0 heterocycles. The number of benzene rings is 3. The molecule has 3 aromatic carbocycles. The molecule has 0 spiro atoms. The van der Waals surface area contributed by atoms with Crippen LogP contribution < -0.4 is 24.4 Å². The molecule has 0 aliphatic rings. The van der Waals surface area contributed by atoms with E-state index < -0.39 is 0 Å². The second kappa shape index (κ2) is 14.4. The standard InChI is InChI=1S/C28H30Cl2N2O5/c1-4-13-36-24-12-9-20(15-27(24)35-6-3)28(33)32-31-17-19-7-11-25(26(14-19)34-5-2)37-18-21-8-10-22(29)16-23(21)30/h7-12,14-17H,4-6,13,18H2,1-3H3,(H,32,33)/b31-17+. The zero-order valence-electron chi connectivity index (χ0n) is 21.1. The van der Waals surface area contributed by atoms with E-state index in [0.717, 1.165) is 17.5 Å². The summed E-state index contributed by atoms with van der Waals surface area (Å²) in [6.45, 7) is 7.52. The van der Waals surface area contributed by atoms with E-state index in [9.17, 15) is 4.79 Å². The number of hydrazone groups is 1. The van der Waals surface area contributed by atoms with Crippen molar-refractivity contribution in [1.29, 1.82) is 0 Å². The lowest BCUT2D eigenvalue weighted by Crippen LogP contribution is -2.17. The van der Waals surface area contributed by atoms with Crippen LogP contribution in [0.3, 0.4) is 0 Å². The summed E-state index contributed by atoms with van der Waals surface area (Å²) in [7, 11) is 0. The lowest BCUT2D eigenvalue weighted by molar-refractivity contribution is 0.0954. The van der Waals surface area contributed by atoms with Crippen LogP contribution in [0.5, 0.6) is 23.0 Å². The smallest absolute Gasteiger partial charge is 0.271 e. The summed E-state index contributed by atoms with van der Waals surface area (Å²) in [6.07, 6.45) is 2.40. The minimum Gasteiger partial charge on any atom is -0.490 e. The molecule has 3 aromatic rings. The van der Waals surface area contributed by atoms with Crippen LogP contribution in [-0.2, 0) is 6.61 Å². The van der Waals surface area contributed by atoms with Crippen LogP contribution in [-0.4, -0.2) is 31.9 Å². The summed E-state index contributed by atoms with van der Waals surface area (Å²) in [5, 5.41) is 5.18. The maximum absolute atomic E-state index is 12.6. The molecule has 0 aliphatic carbocycles. The van der Waals surface area contributed by atoms with Gasteiger partial charge in [-0.2, -0.15) is 5.10 Å². The van der Waals surface area contributed by atoms with Crippen molar-refractivity contribution in [2.75, 3.05) is 19.8 Å². The third-order valence-corrected chi connectivity index (χ3v) is 5.60. The average molecular weight is 545 g/mol. The number of ether oxygens (including phenoxy) is 4. The third-order valence-electron chi connectivity index (χ3n) is 5.01. The van der Waals surface area contributed by atoms with Crippen LogP contribution in [0.2, 0.25) is 10.0 Å². The Morgan fingerprint density at radius 3 is 2.24 bits per heavy atom. The number of hydrogen-bond acceptors (Lipinski definition) is 6. The summed E-state index contributed by atoms with van der Waals surface area (Å²) in [6, 6.07) is 15.7. The van der Waals surface area contributed by atoms with E-state index >= 15 is 0 Å². The molecule has 7 nitrogen and oxygen atoms in total. The van der Waals surface area contributed by atoms with Crippen LogP contribution in [0.1, 0.15) is 48.7 Å². The Morgan fingerprint density at radius 1 is 0.838 bits per heavy atom. The molecule has 0 unspecified atom stereocenters. The lowest BCUT2D eigenvalue weighted by Gasteiger charge is -2.13. The summed E-state index contributed by atoms with van der Waals surface area (Å²) in [4.78, 5) is 12.6. The van der Waals surface area contributed by atoms with E-state index in [1.165, 1.54) is 6.21 Å². The zero-order chi connectivity index (χ0) is 26.6. The highest BCUT2D eigenvalue weighted by Crippen LogP contribution is 2.31. The zero-order valence-corrected chi connectivity index (χ0v) is 22.6. The molecule has 0 atom stereocenters. The summed E-state index contributed by atoms with van der Waals surface area (Å²) < 4.78 is 23.0. The molecule has 0 fully saturated rings. The van der Waals surface area contributed by atoms with Gasteiger partial charge in [-0.1, -0.05) is 36.2 Å². The highest BCUT2D eigenvalue weighted by molar-refractivity contribution is 6.35. The Morgan fingerprint density at radius 2 is 1.54 bits per heavy atom. The number of rotatable bonds is 13. The first-order chi connectivity index (χ1) is 17.9. The van der Waals surface area contributed by atoms with Gasteiger partial charge in [-0.15, -0.1) is 0 Å². The molecule has 0 bridgehead atoms. The second-order valence-electron chi connectivity index (χ2n) is 7.81. The van der Waals surface area contributed by atoms with Gasteiger partial charge in [0.25, 0.3) is 5.91 Å². The Bertz CT molecular complexity index is 1230. The van der Waals surface area contributed by atoms with Gasteiger partial charge in [0, 0.05) is 21.2 Å². The number of carbonyl (C=O) groups is 1. The number of hydrogen-bond donors (Lipinski definition) is 1. The number of amides is 1. The molecular formula is C28H30Cl2N2O5. The average Bonchev–Trinajstić information content (AvgIpc) is 2.88. The molecule has 196 valence electrons. The Labute approximate surface area is 227 Å². The van der Waals surface area contributed by atoms with Crippen molar-refractivity contribution in [2.45, 2.75) is 33.8 Å². The summed E-state index contributed by atoms with van der Waals surface area (Å²) >= 11 is 12.2. The van der Waals surface area contributed by atoms with Crippen LogP contribution in [0.25, 0.3) is 0 Å². The van der Waals surface area contributed by atoms with Gasteiger partial charge in [0.1, 0.15) is 6.61 Å². The van der Waals surface area contributed by atoms with E-state index in [2.05, 4.69) is 10.5 Å². The molecule has 9 heteroatoms. The van der Waals surface area contributed by atoms with Crippen molar-refractivity contribution in [3.63, 3.8) is 0 Å². The predicted molar refractivity (Wildman–Crippen MR) is 147 cm³/mol. The monoisotopic (exact) mass is 544 g/mol. The van der Waals surface area contributed by atoms with Crippen molar-refractivity contribution in [3.05, 3.63) is 81.3 Å². The fourth-order valence-electron chi connectivity index (χ4n) is 3.27. The number of halogens is 2. The summed E-state index contributed by atoms with van der Waals surface area (Å²) in [5.74, 6) is 1.86. The van der Waals surface area contributed by atoms with Gasteiger partial charge in [0.2, 0.25) is 0 Å². The van der Waals surface area contributed by atoms with Gasteiger partial charge >= 0.3 is 0 Å². The first kappa shape index (κ1) is 28.2. The number of nitrogens with one attached hydrogen (secondary N) is 1. The van der Waals surface area contributed by atoms with Gasteiger partial charge in [0.15, 0.2) is 23.0 Å². The molecule has 0 saturated carbocycles. The van der Waals surface area contributed by atoms with Crippen molar-refractivity contribution < 1.29 is 23.7 Å². The van der Waals surface area contributed by atoms with E-state index in [1.54, 1.807) is 42.5 Å². The third kappa shape index (κ3) is 8.30. The lowest BCUT2D eigenvalue weighted by atomic mass is 10.2. The Hall–Kier alpha value is -3.42. The second-order valence-corrected chi connectivity index (χ2v) is 8.65. The van der Waals surface area contributed by atoms with E-state index in [0.29, 0.717) is 58.4 Å². The van der Waals surface area contributed by atoms with Gasteiger partial charge in [-0.3, -0.25) is 4.79 Å². The van der Waals surface area contributed by atoms with Crippen LogP contribution >= 0.6 is 23.2 Å². The molecule has 0 aliphatic heterocycles. The van der Waals surface area contributed by atoms with Crippen molar-refractivity contribution >= 4 is 35.3 Å². The normalized spacial score (nSPS) is 10.8. The minimum absolute atomic E-state index is 0.256. The van der Waals surface area contributed by atoms with Gasteiger partial charge in [-0.05, 0) is 74.4 Å². The summed E-state index contributed by atoms with van der Waals surface area (Å²) in [5.41, 5.74) is 4.47. The highest BCUT2D eigenvalue weighted by atomic mass is 35.5. The Kier molecular flexibility index (Phi) is 10.9. The molecule has 0 radical (unpaired) electrons. The maximum Gasteiger partial charge on any atom is 0.271 e. The number of carbonyl (C=O) groups excluding carboxylic acids is 1. The highest BCUT2D eigenvalue weighted by Gasteiger charge is 2.12. The van der Waals surface area contributed by atoms with Crippen LogP contribution in [0, 0.1) is 0 Å². The van der Waals surface area contributed by atoms with Gasteiger partial charge < -0.3 is 18.9 Å². The van der Waals surface area contributed by atoms with Crippen LogP contribution in [0.15, 0.2) is 59.7 Å². The molecule has 3 rings (SSSR count). The Balaban J connectivity index is 1.66. The molecule has 37 heavy (non-hydrogen) atoms. The van der Waals surface area contributed by atoms with Crippen molar-refractivity contribution in [1.82, 2.24) is 5.43 Å². The fourth-order valence-corrected chi connectivity index (χ4v) is 3.73. The van der Waals surface area contributed by atoms with Crippen molar-refractivity contribution in [3.8, 4) is 23.0 Å². The van der Waals surface area contributed by atoms with E-state index in [1.807, 2.05) is 32.9 Å². The molecule has 0 aromatic heterocycles. The largest absolute Gasteiger partial charge is 0.490 e. The van der Waals surface area contributed by atoms with Gasteiger partial charge in [-0.25, -0.2) is 5.43 Å². The van der Waals surface area contributed by atoms with Crippen molar-refractivity contribution in [2.24, 2.45) is 5.10 Å². The molecular weight excluding hydrogens is 515 g/mol. The molecule has 0 saturated heterocycles. The molecule has 1 N–H and O–H groups in total. The number of nitrogens with zero attached hydrogens (tertiary/aromatic N) is 1. The first-order valence-electron chi connectivity index (χ1n) is 12.0. The quantitative estimate of drug-likeness (QED) is 0.186.